The fourth-order valence-corrected chi connectivity index (χ4v) is 8.01. The van der Waals surface area contributed by atoms with Gasteiger partial charge in [0.15, 0.2) is 0 Å². The number of benzene rings is 1. The predicted molar refractivity (Wildman–Crippen MR) is 122 cm³/mol. The Morgan fingerprint density at radius 1 is 1.21 bits per heavy atom. The molecule has 0 aliphatic heterocycles. The third kappa shape index (κ3) is 4.84. The van der Waals surface area contributed by atoms with Gasteiger partial charge in [-0.2, -0.15) is 0 Å². The molecule has 0 saturated carbocycles. The molecule has 0 aliphatic rings. The molecule has 3 rings (SSSR count). The molecular weight excluding hydrogens is 471 g/mol. The molecule has 3 aromatic rings. The molecule has 0 radical (unpaired) electrons. The Hall–Kier alpha value is -1.84. The van der Waals surface area contributed by atoms with Gasteiger partial charge < -0.3 is 0 Å². The van der Waals surface area contributed by atoms with Crippen molar-refractivity contribution >= 4 is 38.4 Å². The first-order chi connectivity index (χ1) is 13.6. The van der Waals surface area contributed by atoms with E-state index >= 15 is 0 Å². The second-order valence-electron chi connectivity index (χ2n) is 9.07. The van der Waals surface area contributed by atoms with Crippen LogP contribution >= 0.6 is 0 Å². The molecule has 0 fully saturated rings. The van der Waals surface area contributed by atoms with E-state index in [1.165, 1.54) is 13.8 Å². The number of hydrogen-bond donors (Lipinski definition) is 2. The van der Waals surface area contributed by atoms with E-state index < -0.39 is 18.4 Å². The number of aromatic nitrogens is 3. The van der Waals surface area contributed by atoms with Gasteiger partial charge in [-0.1, -0.05) is 0 Å². The Morgan fingerprint density at radius 3 is 2.52 bits per heavy atom. The second kappa shape index (κ2) is 8.49. The topological polar surface area (TPSA) is 92.0 Å². The van der Waals surface area contributed by atoms with Crippen LogP contribution in [0.5, 0.6) is 0 Å². The van der Waals surface area contributed by atoms with E-state index in [1.54, 1.807) is 7.05 Å². The van der Waals surface area contributed by atoms with Crippen LogP contribution in [0, 0.1) is 5.92 Å². The molecule has 2 heterocycles. The van der Waals surface area contributed by atoms with Gasteiger partial charge in [0, 0.05) is 0 Å². The van der Waals surface area contributed by atoms with Crippen LogP contribution in [0.2, 0.25) is 14.8 Å². The van der Waals surface area contributed by atoms with Gasteiger partial charge in [-0.15, -0.1) is 0 Å². The van der Waals surface area contributed by atoms with E-state index in [2.05, 4.69) is 67.6 Å². The van der Waals surface area contributed by atoms with Crippen LogP contribution in [0.4, 0.5) is 5.69 Å². The number of hydrazine groups is 1. The van der Waals surface area contributed by atoms with Gasteiger partial charge in [0.1, 0.15) is 0 Å². The minimum absolute atomic E-state index is 0.0546. The summed E-state index contributed by atoms with van der Waals surface area (Å²) in [5.41, 5.74) is 9.70. The molecule has 0 saturated heterocycles. The van der Waals surface area contributed by atoms with E-state index in [4.69, 9.17) is 5.84 Å². The van der Waals surface area contributed by atoms with Crippen molar-refractivity contribution in [1.82, 2.24) is 19.9 Å². The molecule has 0 amide bonds. The monoisotopic (exact) mass is 503 g/mol. The molecule has 0 bridgehead atoms. The first kappa shape index (κ1) is 21.9. The average molecular weight is 502 g/mol. The standard InChI is InChI=1S/C18H22N6O.3CH3.Sn/c1-12(2)8-17-15-10-24(11-16(15)18(25)23(3)21-17)9-13-4-6-14(7-5-13)20-22-19;;;;/h4-6,10-12,22H,8-9,19H2,1-3H3;3*1H3;/q-1;;;;. The summed E-state index contributed by atoms with van der Waals surface area (Å²) < 4.78 is 4.86. The van der Waals surface area contributed by atoms with Crippen LogP contribution in [-0.4, -0.2) is 32.7 Å². The van der Waals surface area contributed by atoms with Gasteiger partial charge in [-0.3, -0.25) is 0 Å². The third-order valence-corrected chi connectivity index (χ3v) is 10.8. The van der Waals surface area contributed by atoms with Crippen molar-refractivity contribution in [2.75, 3.05) is 0 Å². The van der Waals surface area contributed by atoms with Crippen LogP contribution in [-0.2, 0) is 20.0 Å². The van der Waals surface area contributed by atoms with Crippen molar-refractivity contribution in [3.8, 4) is 0 Å². The van der Waals surface area contributed by atoms with Gasteiger partial charge in [0.05, 0.1) is 0 Å². The summed E-state index contributed by atoms with van der Waals surface area (Å²) in [5.74, 6) is 5.89. The van der Waals surface area contributed by atoms with E-state index in [0.717, 1.165) is 28.6 Å². The molecule has 7 nitrogen and oxygen atoms in total. The molecule has 1 aromatic carbocycles. The molecular formula is C21H31N6OSn-. The number of hydrogen-bond acceptors (Lipinski definition) is 4. The molecule has 3 N–H and O–H groups in total. The first-order valence-corrected chi connectivity index (χ1v) is 19.9. The Labute approximate surface area is 176 Å². The van der Waals surface area contributed by atoms with Crippen LogP contribution < -0.4 is 20.5 Å². The number of rotatable bonds is 7. The summed E-state index contributed by atoms with van der Waals surface area (Å²) in [4.78, 5) is 19.7. The molecule has 0 unspecified atom stereocenters. The van der Waals surface area contributed by atoms with Crippen LogP contribution in [0.3, 0.4) is 0 Å². The van der Waals surface area contributed by atoms with E-state index in [-0.39, 0.29) is 5.56 Å². The van der Waals surface area contributed by atoms with Crippen molar-refractivity contribution in [3.05, 3.63) is 57.6 Å². The van der Waals surface area contributed by atoms with Crippen LogP contribution in [0.15, 0.2) is 35.4 Å². The molecule has 156 valence electrons. The molecule has 2 aromatic heterocycles. The van der Waals surface area contributed by atoms with Gasteiger partial charge >= 0.3 is 176 Å². The number of nitrogens with zero attached hydrogens (tertiary/aromatic N) is 4. The van der Waals surface area contributed by atoms with Crippen LogP contribution in [0.25, 0.3) is 16.2 Å². The molecule has 0 spiro atoms. The van der Waals surface area contributed by atoms with E-state index in [1.807, 2.05) is 12.3 Å². The summed E-state index contributed by atoms with van der Waals surface area (Å²) in [7, 11) is 1.72. The zero-order valence-corrected chi connectivity index (χ0v) is 21.0. The van der Waals surface area contributed by atoms with Crippen molar-refractivity contribution in [2.45, 2.75) is 41.6 Å². The Balaban J connectivity index is 2.02. The Bertz CT molecular complexity index is 1080. The average Bonchev–Trinajstić information content (AvgIpc) is 3.04. The molecule has 29 heavy (non-hydrogen) atoms. The van der Waals surface area contributed by atoms with Crippen molar-refractivity contribution in [1.29, 1.82) is 0 Å². The Morgan fingerprint density at radius 2 is 1.90 bits per heavy atom. The van der Waals surface area contributed by atoms with Crippen molar-refractivity contribution in [2.24, 2.45) is 18.8 Å². The maximum atomic E-state index is 12.6. The van der Waals surface area contributed by atoms with Crippen molar-refractivity contribution in [3.63, 3.8) is 0 Å². The summed E-state index contributed by atoms with van der Waals surface area (Å²) in [5, 5.41) is 6.19. The second-order valence-corrected chi connectivity index (χ2v) is 23.5. The molecule has 0 aliphatic carbocycles. The van der Waals surface area contributed by atoms with Gasteiger partial charge in [-0.25, -0.2) is 0 Å². The predicted octanol–water partition coefficient (Wildman–Crippen LogP) is 2.91. The summed E-state index contributed by atoms with van der Waals surface area (Å²) in [6.45, 7) is 5.03. The number of fused-ring (bicyclic) bond motifs is 1. The Kier molecular flexibility index (Phi) is 6.40. The summed E-state index contributed by atoms with van der Waals surface area (Å²) in [6, 6.07) is 6.36. The van der Waals surface area contributed by atoms with Gasteiger partial charge in [0.2, 0.25) is 0 Å². The minimum atomic E-state index is -2.38. The molecule has 0 atom stereocenters. The van der Waals surface area contributed by atoms with E-state index in [0.29, 0.717) is 12.5 Å². The zero-order valence-electron chi connectivity index (χ0n) is 18.2. The summed E-state index contributed by atoms with van der Waals surface area (Å²) >= 11 is -2.38. The fraction of sp³-hybridized carbons (Fsp3) is 0.429. The van der Waals surface area contributed by atoms with Crippen LogP contribution in [0.1, 0.15) is 25.1 Å². The SMILES string of the molecule is CC(C)Cc1nn(C)c(=O)c2cn(Cc3ccc([N-]NN)[c]([Sn]([CH3])([CH3])[CH3])c3)cc12. The van der Waals surface area contributed by atoms with E-state index in [9.17, 15) is 4.79 Å². The van der Waals surface area contributed by atoms with Gasteiger partial charge in [-0.05, 0) is 0 Å². The maximum absolute atomic E-state index is 12.6. The molecule has 8 heteroatoms. The zero-order chi connectivity index (χ0) is 21.3. The van der Waals surface area contributed by atoms with Gasteiger partial charge in [0.25, 0.3) is 0 Å². The normalized spacial score (nSPS) is 12.1. The third-order valence-electron chi connectivity index (χ3n) is 5.01. The number of nitrogens with two attached hydrogens (primary N) is 1. The number of aryl methyl sites for hydroxylation is 1. The van der Waals surface area contributed by atoms with Crippen molar-refractivity contribution < 1.29 is 0 Å². The quantitative estimate of drug-likeness (QED) is 0.296. The first-order valence-electron chi connectivity index (χ1n) is 9.95. The fourth-order valence-electron chi connectivity index (χ4n) is 3.65. The number of nitrogens with one attached hydrogen (secondary N) is 1. The summed E-state index contributed by atoms with van der Waals surface area (Å²) in [6.07, 6.45) is 4.85.